The zero-order chi connectivity index (χ0) is 16.6. The van der Waals surface area contributed by atoms with Gasteiger partial charge in [0, 0.05) is 18.5 Å². The molecule has 122 valence electrons. The molecule has 23 heavy (non-hydrogen) atoms. The predicted octanol–water partition coefficient (Wildman–Crippen LogP) is 4.33. The van der Waals surface area contributed by atoms with Crippen LogP contribution < -0.4 is 5.73 Å². The van der Waals surface area contributed by atoms with E-state index in [4.69, 9.17) is 17.3 Å². The summed E-state index contributed by atoms with van der Waals surface area (Å²) >= 11 is 5.93. The van der Waals surface area contributed by atoms with Crippen molar-refractivity contribution in [3.8, 4) is 0 Å². The average molecular weight is 353 g/mol. The molecular weight excluding hydrogens is 335 g/mol. The van der Waals surface area contributed by atoms with Gasteiger partial charge in [-0.25, -0.2) is 0 Å². The topological polar surface area (TPSA) is 56.2 Å². The van der Waals surface area contributed by atoms with Crippen LogP contribution in [0.1, 0.15) is 31.0 Å². The van der Waals surface area contributed by atoms with Crippen molar-refractivity contribution in [2.45, 2.75) is 26.2 Å². The van der Waals surface area contributed by atoms with Gasteiger partial charge in [0.2, 0.25) is 0 Å². The Morgan fingerprint density at radius 1 is 1.57 bits per heavy atom. The number of nitrogens with zero attached hydrogens (tertiary/aromatic N) is 3. The van der Waals surface area contributed by atoms with E-state index in [0.717, 1.165) is 11.8 Å². The first kappa shape index (κ1) is 16.3. The zero-order valence-electron chi connectivity index (χ0n) is 13.0. The Hall–Kier alpha value is -1.53. The minimum absolute atomic E-state index is 0.0173. The Balaban J connectivity index is 2.09. The number of hydrogen-bond acceptors (Lipinski definition) is 4. The lowest BCUT2D eigenvalue weighted by molar-refractivity contribution is 0.571. The lowest BCUT2D eigenvalue weighted by Gasteiger charge is -2.08. The van der Waals surface area contributed by atoms with Crippen LogP contribution in [0.25, 0.3) is 16.6 Å². The molecule has 1 fully saturated rings. The number of aliphatic imine (C=N–C) groups is 1. The Labute approximate surface area is 144 Å². The smallest absolute Gasteiger partial charge is 0.188 e. The molecule has 1 saturated carbocycles. The fourth-order valence-electron chi connectivity index (χ4n) is 2.68. The van der Waals surface area contributed by atoms with E-state index in [2.05, 4.69) is 23.1 Å². The molecule has 1 aromatic carbocycles. The van der Waals surface area contributed by atoms with Gasteiger partial charge >= 0.3 is 0 Å². The van der Waals surface area contributed by atoms with Gasteiger partial charge in [-0.2, -0.15) is 9.19 Å². The van der Waals surface area contributed by atoms with E-state index < -0.39 is 0 Å². The van der Waals surface area contributed by atoms with Crippen LogP contribution in [0.2, 0.25) is 0 Å². The number of halogens is 2. The number of allylic oxidation sites excluding steroid dienone is 1. The van der Waals surface area contributed by atoms with Crippen LogP contribution in [0.15, 0.2) is 29.3 Å². The summed E-state index contributed by atoms with van der Waals surface area (Å²) in [6.07, 6.45) is 5.03. The van der Waals surface area contributed by atoms with Crippen LogP contribution in [0, 0.1) is 5.41 Å². The Bertz CT molecular complexity index is 808. The highest BCUT2D eigenvalue weighted by atomic mass is 35.5. The van der Waals surface area contributed by atoms with Crippen LogP contribution in [0.3, 0.4) is 0 Å². The Morgan fingerprint density at radius 2 is 2.30 bits per heavy atom. The highest BCUT2D eigenvalue weighted by molar-refractivity contribution is 7.92. The van der Waals surface area contributed by atoms with Crippen LogP contribution in [-0.2, 0) is 6.42 Å². The second kappa shape index (κ2) is 6.17. The maximum Gasteiger partial charge on any atom is 0.188 e. The first-order valence-corrected chi connectivity index (χ1v) is 8.41. The molecule has 7 heteroatoms. The minimum Gasteiger partial charge on any atom is -0.397 e. The molecule has 2 aromatic rings. The van der Waals surface area contributed by atoms with Crippen molar-refractivity contribution < 1.29 is 3.89 Å². The van der Waals surface area contributed by atoms with Gasteiger partial charge in [-0.1, -0.05) is 24.6 Å². The molecule has 2 N–H and O–H groups in total. The van der Waals surface area contributed by atoms with Crippen molar-refractivity contribution >= 4 is 45.7 Å². The molecular formula is C16H18ClFN4S. The molecule has 0 unspecified atom stereocenters. The Kier molecular flexibility index (Phi) is 4.38. The fraction of sp³-hybridized carbons (Fsp3) is 0.375. The maximum atomic E-state index is 13.3. The van der Waals surface area contributed by atoms with E-state index in [0.29, 0.717) is 22.3 Å². The molecule has 1 aromatic heterocycles. The molecule has 1 heterocycles. The van der Waals surface area contributed by atoms with Gasteiger partial charge in [0.15, 0.2) is 12.3 Å². The van der Waals surface area contributed by atoms with Crippen LogP contribution >= 0.6 is 23.9 Å². The van der Waals surface area contributed by atoms with Gasteiger partial charge in [0.25, 0.3) is 0 Å². The van der Waals surface area contributed by atoms with Crippen molar-refractivity contribution in [3.05, 3.63) is 35.5 Å². The molecule has 4 nitrogen and oxygen atoms in total. The van der Waals surface area contributed by atoms with E-state index >= 15 is 0 Å². The van der Waals surface area contributed by atoms with Gasteiger partial charge < -0.3 is 5.73 Å². The Morgan fingerprint density at radius 3 is 2.91 bits per heavy atom. The highest BCUT2D eigenvalue weighted by Gasteiger charge is 2.37. The summed E-state index contributed by atoms with van der Waals surface area (Å²) in [5.74, 6) is 0. The fourth-order valence-corrected chi connectivity index (χ4v) is 3.19. The van der Waals surface area contributed by atoms with E-state index in [9.17, 15) is 3.89 Å². The number of rotatable bonds is 5. The monoisotopic (exact) mass is 352 g/mol. The lowest BCUT2D eigenvalue weighted by Crippen LogP contribution is -2.04. The summed E-state index contributed by atoms with van der Waals surface area (Å²) in [7, 11) is 1.57. The summed E-state index contributed by atoms with van der Waals surface area (Å²) in [5, 5.41) is 5.32. The summed E-state index contributed by atoms with van der Waals surface area (Å²) in [6, 6.07) is 6.01. The molecule has 0 bridgehead atoms. The van der Waals surface area contributed by atoms with E-state index in [-0.39, 0.29) is 17.5 Å². The maximum absolute atomic E-state index is 13.3. The standard InChI is InChI=1S/C16H18ClFN4S/c1-16(5-6-16)9-10-3-4-13-11(7-10)15(22(21-13)23-18)12(19)8-14(17)20-2/h3-4,7-8H,5-6,9,19H2,1-2H3. The zero-order valence-corrected chi connectivity index (χ0v) is 14.6. The average Bonchev–Trinajstić information content (AvgIpc) is 3.12. The third-order valence-corrected chi connectivity index (χ3v) is 4.94. The molecule has 0 atom stereocenters. The molecule has 0 saturated heterocycles. The second-order valence-corrected chi connectivity index (χ2v) is 7.15. The van der Waals surface area contributed by atoms with Gasteiger partial charge in [0.05, 0.1) is 11.2 Å². The lowest BCUT2D eigenvalue weighted by atomic mass is 9.97. The summed E-state index contributed by atoms with van der Waals surface area (Å²) in [4.78, 5) is 3.84. The van der Waals surface area contributed by atoms with Crippen molar-refractivity contribution in [3.63, 3.8) is 0 Å². The SMILES string of the molecule is CN=C(Cl)C=C(N)c1c2cc(CC3(C)CC3)ccc2nn1SF. The van der Waals surface area contributed by atoms with Gasteiger partial charge in [-0.05, 0) is 42.4 Å². The predicted molar refractivity (Wildman–Crippen MR) is 96.3 cm³/mol. The molecule has 1 aliphatic carbocycles. The quantitative estimate of drug-likeness (QED) is 0.815. The summed E-state index contributed by atoms with van der Waals surface area (Å²) in [6.45, 7) is 2.28. The van der Waals surface area contributed by atoms with Gasteiger partial charge in [-0.15, -0.1) is 3.89 Å². The van der Waals surface area contributed by atoms with E-state index in [1.165, 1.54) is 28.6 Å². The molecule has 3 rings (SSSR count). The number of nitrogens with two attached hydrogens (primary N) is 1. The number of aromatic nitrogens is 2. The van der Waals surface area contributed by atoms with Crippen molar-refractivity contribution in [1.29, 1.82) is 0 Å². The van der Waals surface area contributed by atoms with Crippen molar-refractivity contribution in [2.75, 3.05) is 7.05 Å². The van der Waals surface area contributed by atoms with E-state index in [1.807, 2.05) is 12.1 Å². The van der Waals surface area contributed by atoms with E-state index in [1.54, 1.807) is 7.05 Å². The minimum atomic E-state index is 0.0173. The largest absolute Gasteiger partial charge is 0.397 e. The van der Waals surface area contributed by atoms with Crippen LogP contribution in [0.5, 0.6) is 0 Å². The van der Waals surface area contributed by atoms with Crippen LogP contribution in [0.4, 0.5) is 3.89 Å². The van der Waals surface area contributed by atoms with Gasteiger partial charge in [0.1, 0.15) is 10.9 Å². The molecule has 0 radical (unpaired) electrons. The second-order valence-electron chi connectivity index (χ2n) is 6.28. The molecule has 0 spiro atoms. The normalized spacial score (nSPS) is 17.7. The van der Waals surface area contributed by atoms with Crippen molar-refractivity contribution in [1.82, 2.24) is 9.19 Å². The van der Waals surface area contributed by atoms with Crippen LogP contribution in [-0.4, -0.2) is 21.4 Å². The molecule has 1 aliphatic rings. The number of fused-ring (bicyclic) bond motifs is 1. The summed E-state index contributed by atoms with van der Waals surface area (Å²) < 4.78 is 14.4. The molecule has 0 aliphatic heterocycles. The molecule has 0 amide bonds. The first-order chi connectivity index (χ1) is 11.0. The van der Waals surface area contributed by atoms with Crippen molar-refractivity contribution in [2.24, 2.45) is 16.1 Å². The number of benzene rings is 1. The summed E-state index contributed by atoms with van der Waals surface area (Å²) in [5.41, 5.74) is 9.27. The van der Waals surface area contributed by atoms with Gasteiger partial charge in [-0.3, -0.25) is 4.99 Å². The third-order valence-electron chi connectivity index (χ3n) is 4.27. The highest BCUT2D eigenvalue weighted by Crippen LogP contribution is 2.47. The first-order valence-electron chi connectivity index (χ1n) is 7.36. The number of hydrogen-bond donors (Lipinski definition) is 1. The third kappa shape index (κ3) is 3.38.